The molecule has 0 aliphatic carbocycles. The zero-order valence-electron chi connectivity index (χ0n) is 14.7. The number of nitrogens with zero attached hydrogens (tertiary/aromatic N) is 1. The van der Waals surface area contributed by atoms with Gasteiger partial charge in [0.1, 0.15) is 0 Å². The number of nitrogens with one attached hydrogen (secondary N) is 2. The molecule has 0 aliphatic rings. The Morgan fingerprint density at radius 3 is 2.43 bits per heavy atom. The highest BCUT2D eigenvalue weighted by Gasteiger charge is 2.05. The largest absolute Gasteiger partial charge is 0.357 e. The maximum atomic E-state index is 12.1. The van der Waals surface area contributed by atoms with Crippen LogP contribution in [-0.4, -0.2) is 35.6 Å². The van der Waals surface area contributed by atoms with Gasteiger partial charge in [-0.25, -0.2) is 0 Å². The van der Waals surface area contributed by atoms with Gasteiger partial charge < -0.3 is 10.6 Å². The molecule has 0 amide bonds. The summed E-state index contributed by atoms with van der Waals surface area (Å²) >= 11 is 0. The van der Waals surface area contributed by atoms with Crippen molar-refractivity contribution in [3.63, 3.8) is 0 Å². The van der Waals surface area contributed by atoms with E-state index < -0.39 is 10.8 Å². The summed E-state index contributed by atoms with van der Waals surface area (Å²) in [7, 11) is -0.853. The van der Waals surface area contributed by atoms with Crippen LogP contribution in [0.25, 0.3) is 0 Å². The zero-order valence-corrected chi connectivity index (χ0v) is 15.5. The quantitative estimate of drug-likeness (QED) is 0.510. The fourth-order valence-electron chi connectivity index (χ4n) is 2.22. The van der Waals surface area contributed by atoms with Gasteiger partial charge in [0.05, 0.1) is 0 Å². The second-order valence-corrected chi connectivity index (χ2v) is 7.18. The Bertz CT molecular complexity index is 472. The lowest BCUT2D eigenvalue weighted by molar-refractivity contribution is 0.504. The van der Waals surface area contributed by atoms with Crippen LogP contribution in [0.1, 0.15) is 39.2 Å². The standard InChI is InChI=1S/C18H31N3OS/c1-4-16(5-2)14-21-18(19-6-3)20-12-13-23(22)15-17-10-8-7-9-11-17/h7-11,16H,4-6,12-15H2,1-3H3,(H2,19,20,21). The first-order valence-corrected chi connectivity index (χ1v) is 10.1. The first kappa shape index (κ1) is 19.7. The molecular formula is C18H31N3OS. The van der Waals surface area contributed by atoms with Crippen LogP contribution in [0.2, 0.25) is 0 Å². The Morgan fingerprint density at radius 2 is 1.83 bits per heavy atom. The third-order valence-corrected chi connectivity index (χ3v) is 5.11. The number of hydrogen-bond donors (Lipinski definition) is 2. The number of rotatable bonds is 10. The number of guanidine groups is 1. The molecule has 0 heterocycles. The highest BCUT2D eigenvalue weighted by atomic mass is 32.2. The minimum atomic E-state index is -0.853. The van der Waals surface area contributed by atoms with E-state index in [1.165, 1.54) is 0 Å². The summed E-state index contributed by atoms with van der Waals surface area (Å²) in [5.41, 5.74) is 1.13. The van der Waals surface area contributed by atoms with Crippen molar-refractivity contribution in [2.45, 2.75) is 39.4 Å². The van der Waals surface area contributed by atoms with E-state index in [1.807, 2.05) is 30.3 Å². The molecule has 2 N–H and O–H groups in total. The highest BCUT2D eigenvalue weighted by molar-refractivity contribution is 7.84. The van der Waals surface area contributed by atoms with Crippen LogP contribution in [0.15, 0.2) is 35.3 Å². The predicted octanol–water partition coefficient (Wildman–Crippen LogP) is 2.93. The average Bonchev–Trinajstić information content (AvgIpc) is 2.56. The van der Waals surface area contributed by atoms with Gasteiger partial charge >= 0.3 is 0 Å². The van der Waals surface area contributed by atoms with E-state index in [-0.39, 0.29) is 0 Å². The van der Waals surface area contributed by atoms with Crippen LogP contribution >= 0.6 is 0 Å². The SMILES string of the molecule is CCNC(=NCC(CC)CC)NCCS(=O)Cc1ccccc1. The van der Waals surface area contributed by atoms with E-state index >= 15 is 0 Å². The Kier molecular flexibility index (Phi) is 10.4. The van der Waals surface area contributed by atoms with Crippen LogP contribution in [0, 0.1) is 5.92 Å². The lowest BCUT2D eigenvalue weighted by Crippen LogP contribution is -2.39. The summed E-state index contributed by atoms with van der Waals surface area (Å²) < 4.78 is 12.1. The molecule has 0 saturated carbocycles. The average molecular weight is 338 g/mol. The highest BCUT2D eigenvalue weighted by Crippen LogP contribution is 2.07. The van der Waals surface area contributed by atoms with E-state index in [9.17, 15) is 4.21 Å². The molecule has 1 rings (SSSR count). The molecule has 0 saturated heterocycles. The third-order valence-electron chi connectivity index (χ3n) is 3.80. The van der Waals surface area contributed by atoms with Gasteiger partial charge in [0, 0.05) is 41.9 Å². The number of aliphatic imine (C=N–C) groups is 1. The van der Waals surface area contributed by atoms with Crippen molar-refractivity contribution in [2.24, 2.45) is 10.9 Å². The smallest absolute Gasteiger partial charge is 0.191 e. The second-order valence-electron chi connectivity index (χ2n) is 5.60. The second kappa shape index (κ2) is 12.1. The Labute approximate surface area is 143 Å². The summed E-state index contributed by atoms with van der Waals surface area (Å²) in [6, 6.07) is 9.99. The Balaban J connectivity index is 2.37. The van der Waals surface area contributed by atoms with Gasteiger partial charge in [-0.2, -0.15) is 0 Å². The van der Waals surface area contributed by atoms with E-state index in [0.29, 0.717) is 24.0 Å². The summed E-state index contributed by atoms with van der Waals surface area (Å²) in [5, 5.41) is 6.54. The first-order chi connectivity index (χ1) is 11.2. The van der Waals surface area contributed by atoms with E-state index in [1.54, 1.807) is 0 Å². The van der Waals surface area contributed by atoms with Gasteiger partial charge in [0.15, 0.2) is 5.96 Å². The summed E-state index contributed by atoms with van der Waals surface area (Å²) in [6.07, 6.45) is 2.31. The molecule has 0 radical (unpaired) electrons. The van der Waals surface area contributed by atoms with Crippen molar-refractivity contribution in [1.82, 2.24) is 10.6 Å². The fourth-order valence-corrected chi connectivity index (χ4v) is 3.26. The van der Waals surface area contributed by atoms with Gasteiger partial charge in [-0.1, -0.05) is 57.0 Å². The molecule has 130 valence electrons. The molecule has 0 fully saturated rings. The monoisotopic (exact) mass is 337 g/mol. The molecule has 0 aliphatic heterocycles. The van der Waals surface area contributed by atoms with Crippen molar-refractivity contribution in [3.8, 4) is 0 Å². The number of benzene rings is 1. The van der Waals surface area contributed by atoms with Crippen LogP contribution < -0.4 is 10.6 Å². The van der Waals surface area contributed by atoms with E-state index in [4.69, 9.17) is 0 Å². The lowest BCUT2D eigenvalue weighted by Gasteiger charge is -2.14. The molecule has 5 heteroatoms. The van der Waals surface area contributed by atoms with Gasteiger partial charge in [-0.15, -0.1) is 0 Å². The van der Waals surface area contributed by atoms with Crippen LogP contribution in [0.3, 0.4) is 0 Å². The number of hydrogen-bond acceptors (Lipinski definition) is 2. The minimum Gasteiger partial charge on any atom is -0.357 e. The molecular weight excluding hydrogens is 306 g/mol. The van der Waals surface area contributed by atoms with Crippen LogP contribution in [0.4, 0.5) is 0 Å². The van der Waals surface area contributed by atoms with Crippen molar-refractivity contribution in [2.75, 3.05) is 25.4 Å². The van der Waals surface area contributed by atoms with Crippen molar-refractivity contribution in [1.29, 1.82) is 0 Å². The van der Waals surface area contributed by atoms with Gasteiger partial charge in [0.25, 0.3) is 0 Å². The normalized spacial score (nSPS) is 13.1. The predicted molar refractivity (Wildman–Crippen MR) is 101 cm³/mol. The summed E-state index contributed by atoms with van der Waals surface area (Å²) in [6.45, 7) is 8.82. The van der Waals surface area contributed by atoms with Crippen LogP contribution in [0.5, 0.6) is 0 Å². The van der Waals surface area contributed by atoms with E-state index in [0.717, 1.165) is 37.5 Å². The summed E-state index contributed by atoms with van der Waals surface area (Å²) in [5.74, 6) is 2.71. The molecule has 1 aromatic rings. The maximum absolute atomic E-state index is 12.1. The third kappa shape index (κ3) is 8.74. The molecule has 0 bridgehead atoms. The minimum absolute atomic E-state index is 0.615. The summed E-state index contributed by atoms with van der Waals surface area (Å²) in [4.78, 5) is 4.63. The molecule has 4 nitrogen and oxygen atoms in total. The molecule has 0 spiro atoms. The fraction of sp³-hybridized carbons (Fsp3) is 0.611. The topological polar surface area (TPSA) is 53.5 Å². The van der Waals surface area contributed by atoms with Gasteiger partial charge in [0.2, 0.25) is 0 Å². The van der Waals surface area contributed by atoms with Crippen molar-refractivity contribution in [3.05, 3.63) is 35.9 Å². The van der Waals surface area contributed by atoms with Crippen molar-refractivity contribution >= 4 is 16.8 Å². The Hall–Kier alpha value is -1.36. The lowest BCUT2D eigenvalue weighted by atomic mass is 10.0. The van der Waals surface area contributed by atoms with Crippen LogP contribution in [-0.2, 0) is 16.6 Å². The molecule has 23 heavy (non-hydrogen) atoms. The van der Waals surface area contributed by atoms with Crippen molar-refractivity contribution < 1.29 is 4.21 Å². The molecule has 1 atom stereocenters. The first-order valence-electron chi connectivity index (χ1n) is 8.60. The molecule has 1 unspecified atom stereocenters. The van der Waals surface area contributed by atoms with Gasteiger partial charge in [-0.3, -0.25) is 9.20 Å². The molecule has 0 aromatic heterocycles. The Morgan fingerprint density at radius 1 is 1.13 bits per heavy atom. The maximum Gasteiger partial charge on any atom is 0.191 e. The molecule has 1 aromatic carbocycles. The van der Waals surface area contributed by atoms with Gasteiger partial charge in [-0.05, 0) is 18.4 Å². The van der Waals surface area contributed by atoms with E-state index in [2.05, 4.69) is 36.4 Å². The zero-order chi connectivity index (χ0) is 16.9.